The highest BCUT2D eigenvalue weighted by Crippen LogP contribution is 2.36. The van der Waals surface area contributed by atoms with Gasteiger partial charge in [0.15, 0.2) is 0 Å². The standard InChI is InChI=1S/C20H32BNO3/c1-13(2)22(14(3)4)18(23)16-10-11-17(15(5)12-16)21-24-19(6,7)20(8,9)25-21/h10-14H,1-9H3. The predicted molar refractivity (Wildman–Crippen MR) is 103 cm³/mol. The van der Waals surface area contributed by atoms with Crippen LogP contribution in [-0.2, 0) is 9.31 Å². The lowest BCUT2D eigenvalue weighted by Crippen LogP contribution is -2.42. The summed E-state index contributed by atoms with van der Waals surface area (Å²) in [5.74, 6) is 0.0635. The molecule has 0 aromatic heterocycles. The Hall–Kier alpha value is -1.33. The molecule has 25 heavy (non-hydrogen) atoms. The summed E-state index contributed by atoms with van der Waals surface area (Å²) in [6.45, 7) is 18.4. The predicted octanol–water partition coefficient (Wildman–Crippen LogP) is 3.55. The molecule has 0 atom stereocenters. The average molecular weight is 345 g/mol. The fourth-order valence-corrected chi connectivity index (χ4v) is 3.26. The number of hydrogen-bond donors (Lipinski definition) is 0. The maximum absolute atomic E-state index is 12.9. The molecular formula is C20H32BNO3. The molecular weight excluding hydrogens is 313 g/mol. The van der Waals surface area contributed by atoms with Gasteiger partial charge in [-0.2, -0.15) is 0 Å². The Morgan fingerprint density at radius 3 is 1.88 bits per heavy atom. The lowest BCUT2D eigenvalue weighted by molar-refractivity contribution is 0.00578. The van der Waals surface area contributed by atoms with E-state index in [0.29, 0.717) is 5.56 Å². The summed E-state index contributed by atoms with van der Waals surface area (Å²) in [4.78, 5) is 14.8. The number of rotatable bonds is 4. The van der Waals surface area contributed by atoms with Crippen molar-refractivity contribution in [1.82, 2.24) is 4.90 Å². The van der Waals surface area contributed by atoms with Crippen LogP contribution < -0.4 is 5.46 Å². The van der Waals surface area contributed by atoms with Gasteiger partial charge in [-0.15, -0.1) is 0 Å². The topological polar surface area (TPSA) is 38.8 Å². The van der Waals surface area contributed by atoms with Gasteiger partial charge in [0.1, 0.15) is 0 Å². The second-order valence-electron chi connectivity index (χ2n) is 8.56. The Bertz CT molecular complexity index is 628. The SMILES string of the molecule is Cc1cc(C(=O)N(C(C)C)C(C)C)ccc1B1OC(C)(C)C(C)(C)O1. The molecule has 1 amide bonds. The van der Waals surface area contributed by atoms with E-state index in [1.54, 1.807) is 0 Å². The molecule has 1 aliphatic heterocycles. The molecule has 1 fully saturated rings. The van der Waals surface area contributed by atoms with Crippen molar-refractivity contribution in [3.63, 3.8) is 0 Å². The number of aryl methyl sites for hydroxylation is 1. The van der Waals surface area contributed by atoms with Crippen LogP contribution in [0, 0.1) is 6.92 Å². The maximum atomic E-state index is 12.9. The monoisotopic (exact) mass is 345 g/mol. The van der Waals surface area contributed by atoms with E-state index in [4.69, 9.17) is 9.31 Å². The summed E-state index contributed by atoms with van der Waals surface area (Å²) in [6, 6.07) is 6.11. The van der Waals surface area contributed by atoms with Gasteiger partial charge in [-0.05, 0) is 79.9 Å². The van der Waals surface area contributed by atoms with Gasteiger partial charge in [0.05, 0.1) is 11.2 Å². The summed E-state index contributed by atoms with van der Waals surface area (Å²) in [7, 11) is -0.402. The minimum atomic E-state index is -0.402. The summed E-state index contributed by atoms with van der Waals surface area (Å²) in [5.41, 5.74) is 1.96. The minimum Gasteiger partial charge on any atom is -0.399 e. The van der Waals surface area contributed by atoms with Crippen LogP contribution in [0.5, 0.6) is 0 Å². The highest BCUT2D eigenvalue weighted by molar-refractivity contribution is 6.62. The van der Waals surface area contributed by atoms with Crippen LogP contribution in [0.3, 0.4) is 0 Å². The molecule has 1 saturated heterocycles. The number of hydrogen-bond acceptors (Lipinski definition) is 3. The fraction of sp³-hybridized carbons (Fsp3) is 0.650. The number of amides is 1. The molecule has 0 aliphatic carbocycles. The number of benzene rings is 1. The molecule has 0 saturated carbocycles. The van der Waals surface area contributed by atoms with Crippen molar-refractivity contribution in [1.29, 1.82) is 0 Å². The Morgan fingerprint density at radius 2 is 1.48 bits per heavy atom. The molecule has 1 aromatic carbocycles. The van der Waals surface area contributed by atoms with Crippen LogP contribution in [-0.4, -0.2) is 41.2 Å². The first-order valence-electron chi connectivity index (χ1n) is 9.16. The van der Waals surface area contributed by atoms with Crippen LogP contribution in [0.1, 0.15) is 71.3 Å². The fourth-order valence-electron chi connectivity index (χ4n) is 3.26. The third kappa shape index (κ3) is 3.77. The maximum Gasteiger partial charge on any atom is 0.495 e. The Balaban J connectivity index is 2.29. The second-order valence-corrected chi connectivity index (χ2v) is 8.56. The van der Waals surface area contributed by atoms with Crippen molar-refractivity contribution in [3.05, 3.63) is 29.3 Å². The van der Waals surface area contributed by atoms with Crippen molar-refractivity contribution in [2.45, 2.75) is 85.6 Å². The van der Waals surface area contributed by atoms with Gasteiger partial charge in [0, 0.05) is 17.6 Å². The molecule has 2 rings (SSSR count). The first kappa shape index (κ1) is 20.0. The van der Waals surface area contributed by atoms with Crippen molar-refractivity contribution >= 4 is 18.5 Å². The van der Waals surface area contributed by atoms with Crippen LogP contribution >= 0.6 is 0 Å². The van der Waals surface area contributed by atoms with E-state index in [1.807, 2.05) is 85.4 Å². The second kappa shape index (κ2) is 6.77. The van der Waals surface area contributed by atoms with E-state index in [2.05, 4.69) is 0 Å². The highest BCUT2D eigenvalue weighted by atomic mass is 16.7. The molecule has 1 heterocycles. The first-order valence-corrected chi connectivity index (χ1v) is 9.16. The van der Waals surface area contributed by atoms with E-state index in [1.165, 1.54) is 0 Å². The van der Waals surface area contributed by atoms with Crippen LogP contribution in [0.2, 0.25) is 0 Å². The lowest BCUT2D eigenvalue weighted by Gasteiger charge is -2.32. The molecule has 0 unspecified atom stereocenters. The van der Waals surface area contributed by atoms with E-state index >= 15 is 0 Å². The average Bonchev–Trinajstić information content (AvgIpc) is 2.66. The normalized spacial score (nSPS) is 18.9. The van der Waals surface area contributed by atoms with E-state index in [9.17, 15) is 4.79 Å². The quantitative estimate of drug-likeness (QED) is 0.784. The van der Waals surface area contributed by atoms with Crippen molar-refractivity contribution in [3.8, 4) is 0 Å². The molecule has 0 spiro atoms. The molecule has 5 heteroatoms. The molecule has 1 aromatic rings. The van der Waals surface area contributed by atoms with E-state index < -0.39 is 7.12 Å². The zero-order valence-electron chi connectivity index (χ0n) is 17.1. The number of carbonyl (C=O) groups excluding carboxylic acids is 1. The lowest BCUT2D eigenvalue weighted by atomic mass is 9.76. The summed E-state index contributed by atoms with van der Waals surface area (Å²) in [6.07, 6.45) is 0. The molecule has 0 radical (unpaired) electrons. The van der Waals surface area contributed by atoms with Gasteiger partial charge < -0.3 is 14.2 Å². The van der Waals surface area contributed by atoms with Crippen LogP contribution in [0.25, 0.3) is 0 Å². The Kier molecular flexibility index (Phi) is 5.41. The van der Waals surface area contributed by atoms with Gasteiger partial charge in [0.2, 0.25) is 0 Å². The Morgan fingerprint density at radius 1 is 1.00 bits per heavy atom. The van der Waals surface area contributed by atoms with Gasteiger partial charge in [0.25, 0.3) is 5.91 Å². The Labute approximate surface area is 153 Å². The van der Waals surface area contributed by atoms with Gasteiger partial charge in [-0.25, -0.2) is 0 Å². The van der Waals surface area contributed by atoms with Crippen LogP contribution in [0.4, 0.5) is 0 Å². The zero-order chi connectivity index (χ0) is 19.2. The van der Waals surface area contributed by atoms with E-state index in [0.717, 1.165) is 11.0 Å². The molecule has 4 nitrogen and oxygen atoms in total. The zero-order valence-corrected chi connectivity index (χ0v) is 17.1. The molecule has 0 N–H and O–H groups in total. The van der Waals surface area contributed by atoms with Crippen molar-refractivity contribution in [2.75, 3.05) is 0 Å². The first-order chi connectivity index (χ1) is 11.4. The van der Waals surface area contributed by atoms with E-state index in [-0.39, 0.29) is 29.2 Å². The largest absolute Gasteiger partial charge is 0.495 e. The molecule has 0 bridgehead atoms. The summed E-state index contributed by atoms with van der Waals surface area (Å²) in [5, 5.41) is 0. The number of nitrogens with zero attached hydrogens (tertiary/aromatic N) is 1. The van der Waals surface area contributed by atoms with Crippen molar-refractivity contribution < 1.29 is 14.1 Å². The number of carbonyl (C=O) groups is 1. The highest BCUT2D eigenvalue weighted by Gasteiger charge is 2.52. The minimum absolute atomic E-state index is 0.0635. The van der Waals surface area contributed by atoms with Gasteiger partial charge >= 0.3 is 7.12 Å². The van der Waals surface area contributed by atoms with Crippen LogP contribution in [0.15, 0.2) is 18.2 Å². The third-order valence-corrected chi connectivity index (χ3v) is 5.37. The van der Waals surface area contributed by atoms with Crippen molar-refractivity contribution in [2.24, 2.45) is 0 Å². The molecule has 138 valence electrons. The summed E-state index contributed by atoms with van der Waals surface area (Å²) < 4.78 is 12.3. The van der Waals surface area contributed by atoms with Gasteiger partial charge in [-0.1, -0.05) is 11.6 Å². The van der Waals surface area contributed by atoms with Gasteiger partial charge in [-0.3, -0.25) is 4.79 Å². The third-order valence-electron chi connectivity index (χ3n) is 5.37. The molecule has 1 aliphatic rings. The summed E-state index contributed by atoms with van der Waals surface area (Å²) >= 11 is 0. The smallest absolute Gasteiger partial charge is 0.399 e.